The SMILES string of the molecule is Cc1cncc(-c2cc3c(cn2)cnn3-c2ccc(C#N)c(N3CCC[C@H](N)C3)n2)n1. The molecule has 0 unspecified atom stereocenters. The maximum atomic E-state index is 9.60. The fraction of sp³-hybridized carbons (Fsp3) is 0.273. The van der Waals surface area contributed by atoms with Crippen molar-refractivity contribution >= 4 is 16.7 Å². The summed E-state index contributed by atoms with van der Waals surface area (Å²) < 4.78 is 1.76. The van der Waals surface area contributed by atoms with Gasteiger partial charge in [-0.1, -0.05) is 0 Å². The summed E-state index contributed by atoms with van der Waals surface area (Å²) in [6.07, 6.45) is 8.89. The molecule has 0 amide bonds. The first-order valence-corrected chi connectivity index (χ1v) is 10.2. The van der Waals surface area contributed by atoms with Crippen molar-refractivity contribution in [1.82, 2.24) is 29.7 Å². The number of hydrogen-bond acceptors (Lipinski definition) is 8. The summed E-state index contributed by atoms with van der Waals surface area (Å²) in [5.74, 6) is 1.29. The van der Waals surface area contributed by atoms with Crippen LogP contribution in [-0.2, 0) is 0 Å². The van der Waals surface area contributed by atoms with Crippen LogP contribution in [-0.4, -0.2) is 48.8 Å². The van der Waals surface area contributed by atoms with Crippen LogP contribution in [0.1, 0.15) is 24.1 Å². The summed E-state index contributed by atoms with van der Waals surface area (Å²) in [5, 5.41) is 15.0. The molecule has 2 N–H and O–H groups in total. The quantitative estimate of drug-likeness (QED) is 0.545. The largest absolute Gasteiger partial charge is 0.354 e. The lowest BCUT2D eigenvalue weighted by Gasteiger charge is -2.32. The molecular weight excluding hydrogens is 390 g/mol. The molecule has 5 heterocycles. The van der Waals surface area contributed by atoms with Gasteiger partial charge in [0.25, 0.3) is 0 Å². The van der Waals surface area contributed by atoms with E-state index >= 15 is 0 Å². The molecule has 1 saturated heterocycles. The Bertz CT molecular complexity index is 1300. The number of rotatable bonds is 3. The molecular formula is C22H21N9. The second kappa shape index (κ2) is 7.74. The summed E-state index contributed by atoms with van der Waals surface area (Å²) in [5.41, 5.74) is 9.78. The van der Waals surface area contributed by atoms with Crippen LogP contribution in [0.25, 0.3) is 28.1 Å². The Labute approximate surface area is 179 Å². The third kappa shape index (κ3) is 3.58. The summed E-state index contributed by atoms with van der Waals surface area (Å²) in [6, 6.07) is 7.87. The highest BCUT2D eigenvalue weighted by atomic mass is 15.3. The zero-order valence-corrected chi connectivity index (χ0v) is 17.1. The molecule has 0 radical (unpaired) electrons. The van der Waals surface area contributed by atoms with E-state index in [0.29, 0.717) is 35.1 Å². The van der Waals surface area contributed by atoms with Crippen LogP contribution < -0.4 is 10.6 Å². The van der Waals surface area contributed by atoms with Gasteiger partial charge in [-0.15, -0.1) is 0 Å². The Morgan fingerprint density at radius 2 is 2.03 bits per heavy atom. The molecule has 1 fully saturated rings. The number of hydrogen-bond donors (Lipinski definition) is 1. The molecule has 1 aliphatic heterocycles. The number of aromatic nitrogens is 6. The van der Waals surface area contributed by atoms with E-state index in [-0.39, 0.29) is 6.04 Å². The standard InChI is InChI=1S/C22H21N9/c1-14-9-25-12-19(28-14)18-7-20-16(10-26-18)11-27-31(20)21-5-4-15(8-23)22(29-21)30-6-2-3-17(24)13-30/h4-5,7,9-12,17H,2-3,6,13,24H2,1H3/t17-/m0/s1. The summed E-state index contributed by atoms with van der Waals surface area (Å²) >= 11 is 0. The summed E-state index contributed by atoms with van der Waals surface area (Å²) in [6.45, 7) is 3.41. The molecule has 0 saturated carbocycles. The van der Waals surface area contributed by atoms with E-state index in [2.05, 4.69) is 31.0 Å². The van der Waals surface area contributed by atoms with Crippen molar-refractivity contribution in [3.8, 4) is 23.3 Å². The highest BCUT2D eigenvalue weighted by Crippen LogP contribution is 2.26. The molecule has 0 aromatic carbocycles. The molecule has 4 aromatic rings. The molecule has 0 bridgehead atoms. The average Bonchev–Trinajstić information content (AvgIpc) is 3.22. The van der Waals surface area contributed by atoms with Gasteiger partial charge in [0.05, 0.1) is 34.9 Å². The minimum Gasteiger partial charge on any atom is -0.354 e. The predicted octanol–water partition coefficient (Wildman–Crippen LogP) is 2.38. The van der Waals surface area contributed by atoms with Crippen molar-refractivity contribution in [3.63, 3.8) is 0 Å². The minimum absolute atomic E-state index is 0.0837. The third-order valence-electron chi connectivity index (χ3n) is 5.43. The van der Waals surface area contributed by atoms with Crippen molar-refractivity contribution < 1.29 is 0 Å². The van der Waals surface area contributed by atoms with Crippen molar-refractivity contribution in [2.45, 2.75) is 25.8 Å². The topological polar surface area (TPSA) is 122 Å². The van der Waals surface area contributed by atoms with Crippen molar-refractivity contribution in [2.24, 2.45) is 5.73 Å². The lowest BCUT2D eigenvalue weighted by molar-refractivity contribution is 0.502. The monoisotopic (exact) mass is 411 g/mol. The molecule has 0 spiro atoms. The number of nitrogens with zero attached hydrogens (tertiary/aromatic N) is 8. The molecule has 1 atom stereocenters. The second-order valence-corrected chi connectivity index (χ2v) is 7.73. The Balaban J connectivity index is 1.60. The summed E-state index contributed by atoms with van der Waals surface area (Å²) in [7, 11) is 0. The van der Waals surface area contributed by atoms with E-state index < -0.39 is 0 Å². The van der Waals surface area contributed by atoms with Gasteiger partial charge in [-0.05, 0) is 38.0 Å². The summed E-state index contributed by atoms with van der Waals surface area (Å²) in [4.78, 5) is 20.1. The van der Waals surface area contributed by atoms with Crippen LogP contribution in [0.5, 0.6) is 0 Å². The fourth-order valence-electron chi connectivity index (χ4n) is 3.92. The van der Waals surface area contributed by atoms with Crippen LogP contribution in [0.3, 0.4) is 0 Å². The maximum absolute atomic E-state index is 9.60. The van der Waals surface area contributed by atoms with Crippen LogP contribution in [0.4, 0.5) is 5.82 Å². The number of piperidine rings is 1. The highest BCUT2D eigenvalue weighted by molar-refractivity contribution is 5.82. The van der Waals surface area contributed by atoms with Gasteiger partial charge in [0.1, 0.15) is 17.6 Å². The van der Waals surface area contributed by atoms with Gasteiger partial charge in [0, 0.05) is 36.9 Å². The first-order chi connectivity index (χ1) is 15.1. The van der Waals surface area contributed by atoms with E-state index in [9.17, 15) is 5.26 Å². The molecule has 9 nitrogen and oxygen atoms in total. The smallest absolute Gasteiger partial charge is 0.156 e. The lowest BCUT2D eigenvalue weighted by atomic mass is 10.1. The molecule has 9 heteroatoms. The highest BCUT2D eigenvalue weighted by Gasteiger charge is 2.21. The van der Waals surface area contributed by atoms with E-state index in [1.54, 1.807) is 35.5 Å². The first kappa shape index (κ1) is 19.1. The Hall–Kier alpha value is -3.90. The van der Waals surface area contributed by atoms with Gasteiger partial charge < -0.3 is 10.6 Å². The van der Waals surface area contributed by atoms with E-state index in [4.69, 9.17) is 10.7 Å². The Kier molecular flexibility index (Phi) is 4.76. The molecule has 5 rings (SSSR count). The van der Waals surface area contributed by atoms with E-state index in [1.807, 2.05) is 19.1 Å². The van der Waals surface area contributed by atoms with Gasteiger partial charge in [0.15, 0.2) is 5.82 Å². The maximum Gasteiger partial charge on any atom is 0.156 e. The number of fused-ring (bicyclic) bond motifs is 1. The molecule has 0 aliphatic carbocycles. The van der Waals surface area contributed by atoms with Gasteiger partial charge in [-0.2, -0.15) is 10.4 Å². The number of nitriles is 1. The van der Waals surface area contributed by atoms with Crippen molar-refractivity contribution in [3.05, 3.63) is 54.2 Å². The Morgan fingerprint density at radius 1 is 1.13 bits per heavy atom. The molecule has 31 heavy (non-hydrogen) atoms. The van der Waals surface area contributed by atoms with Gasteiger partial charge >= 0.3 is 0 Å². The second-order valence-electron chi connectivity index (χ2n) is 7.73. The van der Waals surface area contributed by atoms with Crippen LogP contribution >= 0.6 is 0 Å². The van der Waals surface area contributed by atoms with E-state index in [0.717, 1.165) is 36.0 Å². The van der Waals surface area contributed by atoms with Gasteiger partial charge in [-0.25, -0.2) is 14.6 Å². The third-order valence-corrected chi connectivity index (χ3v) is 5.43. The fourth-order valence-corrected chi connectivity index (χ4v) is 3.92. The average molecular weight is 411 g/mol. The van der Waals surface area contributed by atoms with Crippen LogP contribution in [0.15, 0.2) is 43.0 Å². The predicted molar refractivity (Wildman–Crippen MR) is 117 cm³/mol. The zero-order valence-electron chi connectivity index (χ0n) is 17.1. The van der Waals surface area contributed by atoms with E-state index in [1.165, 1.54) is 0 Å². The number of pyridine rings is 2. The molecule has 4 aromatic heterocycles. The van der Waals surface area contributed by atoms with Gasteiger partial charge in [0.2, 0.25) is 0 Å². The van der Waals surface area contributed by atoms with Crippen LogP contribution in [0.2, 0.25) is 0 Å². The van der Waals surface area contributed by atoms with Gasteiger partial charge in [-0.3, -0.25) is 9.97 Å². The number of aryl methyl sites for hydroxylation is 1. The van der Waals surface area contributed by atoms with Crippen molar-refractivity contribution in [1.29, 1.82) is 5.26 Å². The normalized spacial score (nSPS) is 16.4. The lowest BCUT2D eigenvalue weighted by Crippen LogP contribution is -2.43. The molecule has 1 aliphatic rings. The first-order valence-electron chi connectivity index (χ1n) is 10.2. The Morgan fingerprint density at radius 3 is 2.84 bits per heavy atom. The zero-order chi connectivity index (χ0) is 21.4. The number of nitrogens with two attached hydrogens (primary N) is 1. The number of anilines is 1. The van der Waals surface area contributed by atoms with Crippen molar-refractivity contribution in [2.75, 3.05) is 18.0 Å². The van der Waals surface area contributed by atoms with Crippen LogP contribution in [0, 0.1) is 18.3 Å². The minimum atomic E-state index is 0.0837. The molecule has 154 valence electrons.